The Balaban J connectivity index is 1.19. The van der Waals surface area contributed by atoms with Gasteiger partial charge >= 0.3 is 19.2 Å². The van der Waals surface area contributed by atoms with E-state index in [0.29, 0.717) is 24.0 Å². The van der Waals surface area contributed by atoms with Crippen LogP contribution in [0.2, 0.25) is 0 Å². The molecular formula is C48H56F4O4. The van der Waals surface area contributed by atoms with Gasteiger partial charge in [-0.15, -0.1) is 0 Å². The predicted octanol–water partition coefficient (Wildman–Crippen LogP) is 14.0. The Morgan fingerprint density at radius 1 is 0.625 bits per heavy atom. The molecule has 2 fully saturated rings. The molecule has 4 aromatic carbocycles. The summed E-state index contributed by atoms with van der Waals surface area (Å²) in [5.41, 5.74) is 4.24. The lowest BCUT2D eigenvalue weighted by Gasteiger charge is -2.51. The molecule has 2 aliphatic carbocycles. The Kier molecular flexibility index (Phi) is 13.5. The predicted molar refractivity (Wildman–Crippen MR) is 215 cm³/mol. The summed E-state index contributed by atoms with van der Waals surface area (Å²) in [7, 11) is 0. The average molecular weight is 773 g/mol. The van der Waals surface area contributed by atoms with Crippen molar-refractivity contribution < 1.29 is 36.9 Å². The van der Waals surface area contributed by atoms with Crippen LogP contribution in [0.3, 0.4) is 0 Å². The molecule has 6 rings (SSSR count). The van der Waals surface area contributed by atoms with Crippen LogP contribution >= 0.6 is 0 Å². The number of rotatable bonds is 17. The number of unbranched alkanes of at least 4 members (excludes halogenated alkanes) is 4. The van der Waals surface area contributed by atoms with Crippen LogP contribution in [0.1, 0.15) is 121 Å². The van der Waals surface area contributed by atoms with Gasteiger partial charge in [0.05, 0.1) is 5.41 Å². The maximum atomic E-state index is 13.4. The third kappa shape index (κ3) is 8.95. The molecule has 0 unspecified atom stereocenters. The normalized spacial score (nSPS) is 24.0. The SMILES string of the molecule is CCCCCCCC1(c2ccc(-c3ccccc3OC(F)F)cc2)CCC(C2(C(=O)O)CCC(CC)(c3ccc(-c4ccccc4OC(F)F)cc3)CC2)CC1. The van der Waals surface area contributed by atoms with E-state index < -0.39 is 24.6 Å². The van der Waals surface area contributed by atoms with Crippen LogP contribution in [0, 0.1) is 11.3 Å². The van der Waals surface area contributed by atoms with Gasteiger partial charge in [0.1, 0.15) is 11.5 Å². The van der Waals surface area contributed by atoms with Crippen molar-refractivity contribution in [3.63, 3.8) is 0 Å². The summed E-state index contributed by atoms with van der Waals surface area (Å²) in [4.78, 5) is 13.4. The molecule has 8 heteroatoms. The van der Waals surface area contributed by atoms with Crippen LogP contribution in [0.25, 0.3) is 22.3 Å². The van der Waals surface area contributed by atoms with Crippen LogP contribution in [0.5, 0.6) is 11.5 Å². The van der Waals surface area contributed by atoms with E-state index in [4.69, 9.17) is 9.47 Å². The molecule has 0 amide bonds. The summed E-state index contributed by atoms with van der Waals surface area (Å²) >= 11 is 0. The molecule has 300 valence electrons. The summed E-state index contributed by atoms with van der Waals surface area (Å²) < 4.78 is 62.2. The van der Waals surface area contributed by atoms with E-state index in [-0.39, 0.29) is 28.2 Å². The highest BCUT2D eigenvalue weighted by Gasteiger charge is 2.53. The molecule has 0 radical (unpaired) electrons. The molecule has 1 N–H and O–H groups in total. The van der Waals surface area contributed by atoms with Gasteiger partial charge in [0.2, 0.25) is 0 Å². The molecule has 0 heterocycles. The number of alkyl halides is 4. The molecule has 2 aliphatic rings. The molecule has 4 nitrogen and oxygen atoms in total. The van der Waals surface area contributed by atoms with Gasteiger partial charge in [0.15, 0.2) is 0 Å². The van der Waals surface area contributed by atoms with Crippen molar-refractivity contribution in [2.45, 2.75) is 134 Å². The minimum absolute atomic E-state index is 0.0670. The summed E-state index contributed by atoms with van der Waals surface area (Å²) in [6.07, 6.45) is 14.1. The molecule has 0 aliphatic heterocycles. The van der Waals surface area contributed by atoms with Gasteiger partial charge in [-0.05, 0) is 115 Å². The molecule has 0 bridgehead atoms. The molecule has 0 saturated heterocycles. The zero-order valence-electron chi connectivity index (χ0n) is 32.8. The lowest BCUT2D eigenvalue weighted by Crippen LogP contribution is -2.48. The Bertz CT molecular complexity index is 1860. The highest BCUT2D eigenvalue weighted by atomic mass is 19.3. The van der Waals surface area contributed by atoms with Gasteiger partial charge < -0.3 is 14.6 Å². The number of hydrogen-bond donors (Lipinski definition) is 1. The second-order valence-electron chi connectivity index (χ2n) is 16.2. The summed E-state index contributed by atoms with van der Waals surface area (Å²) in [6.45, 7) is -1.42. The number of aliphatic carboxylic acids is 1. The number of carbonyl (C=O) groups is 1. The first-order valence-corrected chi connectivity index (χ1v) is 20.6. The Labute approximate surface area is 329 Å². The van der Waals surface area contributed by atoms with E-state index >= 15 is 0 Å². The van der Waals surface area contributed by atoms with Gasteiger partial charge in [0.25, 0.3) is 0 Å². The average Bonchev–Trinajstić information content (AvgIpc) is 3.21. The Morgan fingerprint density at radius 2 is 1.09 bits per heavy atom. The Hall–Kier alpha value is -4.33. The van der Waals surface area contributed by atoms with E-state index in [1.165, 1.54) is 31.2 Å². The van der Waals surface area contributed by atoms with E-state index in [2.05, 4.69) is 38.1 Å². The largest absolute Gasteiger partial charge is 0.481 e. The van der Waals surface area contributed by atoms with Gasteiger partial charge in [0, 0.05) is 11.1 Å². The minimum Gasteiger partial charge on any atom is -0.481 e. The maximum Gasteiger partial charge on any atom is 0.387 e. The van der Waals surface area contributed by atoms with Crippen molar-refractivity contribution in [2.24, 2.45) is 11.3 Å². The van der Waals surface area contributed by atoms with Crippen molar-refractivity contribution in [3.8, 4) is 33.8 Å². The maximum absolute atomic E-state index is 13.4. The number of ether oxygens (including phenoxy) is 2. The zero-order valence-corrected chi connectivity index (χ0v) is 32.8. The smallest absolute Gasteiger partial charge is 0.387 e. The fraction of sp³-hybridized carbons (Fsp3) is 0.479. The highest BCUT2D eigenvalue weighted by molar-refractivity contribution is 5.76. The first-order chi connectivity index (χ1) is 27.0. The summed E-state index contributed by atoms with van der Waals surface area (Å²) in [6, 6.07) is 30.1. The topological polar surface area (TPSA) is 55.8 Å². The minimum atomic E-state index is -2.91. The van der Waals surface area contributed by atoms with Crippen molar-refractivity contribution in [3.05, 3.63) is 108 Å². The lowest BCUT2D eigenvalue weighted by molar-refractivity contribution is -0.158. The molecule has 56 heavy (non-hydrogen) atoms. The van der Waals surface area contributed by atoms with Gasteiger partial charge in [-0.3, -0.25) is 4.79 Å². The van der Waals surface area contributed by atoms with Crippen molar-refractivity contribution in [1.29, 1.82) is 0 Å². The number of halogens is 4. The van der Waals surface area contributed by atoms with E-state index in [0.717, 1.165) is 74.5 Å². The van der Waals surface area contributed by atoms with Crippen LogP contribution in [0.15, 0.2) is 97.1 Å². The fourth-order valence-corrected chi connectivity index (χ4v) is 10.1. The fourth-order valence-electron chi connectivity index (χ4n) is 10.1. The van der Waals surface area contributed by atoms with Crippen LogP contribution in [0.4, 0.5) is 17.6 Å². The number of benzene rings is 4. The third-order valence-corrected chi connectivity index (χ3v) is 13.5. The molecule has 2 saturated carbocycles. The molecule has 0 spiro atoms. The van der Waals surface area contributed by atoms with E-state index in [9.17, 15) is 27.5 Å². The molecule has 0 atom stereocenters. The van der Waals surface area contributed by atoms with Crippen LogP contribution < -0.4 is 9.47 Å². The van der Waals surface area contributed by atoms with E-state index in [1.807, 2.05) is 30.3 Å². The highest BCUT2D eigenvalue weighted by Crippen LogP contribution is 2.58. The number of carboxylic acid groups (broad SMARTS) is 1. The third-order valence-electron chi connectivity index (χ3n) is 13.5. The number of para-hydroxylation sites is 2. The zero-order chi connectivity index (χ0) is 39.8. The second-order valence-corrected chi connectivity index (χ2v) is 16.2. The van der Waals surface area contributed by atoms with Crippen molar-refractivity contribution >= 4 is 5.97 Å². The van der Waals surface area contributed by atoms with Gasteiger partial charge in [-0.25, -0.2) is 0 Å². The quantitative estimate of drug-likeness (QED) is 0.0858. The van der Waals surface area contributed by atoms with Crippen molar-refractivity contribution in [1.82, 2.24) is 0 Å². The number of carboxylic acids is 1. The van der Waals surface area contributed by atoms with Gasteiger partial charge in [-0.2, -0.15) is 17.6 Å². The van der Waals surface area contributed by atoms with Crippen LogP contribution in [-0.2, 0) is 15.6 Å². The van der Waals surface area contributed by atoms with Crippen molar-refractivity contribution in [2.75, 3.05) is 0 Å². The lowest BCUT2D eigenvalue weighted by atomic mass is 9.52. The molecule has 4 aromatic rings. The monoisotopic (exact) mass is 772 g/mol. The van der Waals surface area contributed by atoms with Gasteiger partial charge in [-0.1, -0.05) is 131 Å². The summed E-state index contributed by atoms with van der Waals surface area (Å²) in [5, 5.41) is 11.0. The number of hydrogen-bond acceptors (Lipinski definition) is 3. The first-order valence-electron chi connectivity index (χ1n) is 20.6. The second kappa shape index (κ2) is 18.3. The summed E-state index contributed by atoms with van der Waals surface area (Å²) in [5.74, 6) is -0.313. The standard InChI is InChI=1S/C48H56F4O4/c1-3-5-6-7-12-27-47(37-23-19-35(20-24-37)40-14-9-11-16-42(40)56-45(51)52)28-25-38(26-29-47)48(43(53)54)32-30-46(4-2,31-33-48)36-21-17-34(18-22-36)39-13-8-10-15-41(39)55-44(49)50/h8-11,13-24,38,44-45H,3-7,12,25-33H2,1-2H3,(H,53,54). The Morgan fingerprint density at radius 3 is 1.54 bits per heavy atom. The van der Waals surface area contributed by atoms with E-state index in [1.54, 1.807) is 42.5 Å². The molecule has 0 aromatic heterocycles. The first kappa shape index (κ1) is 41.3. The molecular weight excluding hydrogens is 717 g/mol. The van der Waals surface area contributed by atoms with Crippen LogP contribution in [-0.4, -0.2) is 24.3 Å².